The Kier molecular flexibility index (Phi) is 9.96. The average molecular weight is 379 g/mol. The first kappa shape index (κ1) is 22.5. The Morgan fingerprint density at radius 1 is 1.33 bits per heavy atom. The van der Waals surface area contributed by atoms with Gasteiger partial charge in [-0.05, 0) is 49.9 Å². The number of carbonyl (C=O) groups is 2. The van der Waals surface area contributed by atoms with Gasteiger partial charge in [0.25, 0.3) is 0 Å². The Morgan fingerprint density at radius 3 is 2.59 bits per heavy atom. The molecular formula is C20H29NO6. The van der Waals surface area contributed by atoms with Gasteiger partial charge in [-0.25, -0.2) is 9.59 Å². The second-order valence-corrected chi connectivity index (χ2v) is 6.47. The lowest BCUT2D eigenvalue weighted by Gasteiger charge is -2.30. The maximum atomic E-state index is 9.10. The van der Waals surface area contributed by atoms with Crippen molar-refractivity contribution < 1.29 is 29.3 Å². The fraction of sp³-hybridized carbons (Fsp3) is 0.500. The van der Waals surface area contributed by atoms with Crippen LogP contribution in [0.5, 0.6) is 11.5 Å². The highest BCUT2D eigenvalue weighted by atomic mass is 16.5. The fourth-order valence-electron chi connectivity index (χ4n) is 2.91. The molecule has 27 heavy (non-hydrogen) atoms. The molecule has 2 rings (SSSR count). The summed E-state index contributed by atoms with van der Waals surface area (Å²) in [5, 5.41) is 14.8. The third kappa shape index (κ3) is 8.59. The highest BCUT2D eigenvalue weighted by Gasteiger charge is 2.16. The van der Waals surface area contributed by atoms with E-state index < -0.39 is 11.9 Å². The van der Waals surface area contributed by atoms with Gasteiger partial charge in [0.1, 0.15) is 18.1 Å². The molecule has 0 saturated carbocycles. The van der Waals surface area contributed by atoms with Crippen molar-refractivity contribution in [1.29, 1.82) is 0 Å². The summed E-state index contributed by atoms with van der Waals surface area (Å²) in [7, 11) is 1.69. The number of carboxylic acid groups (broad SMARTS) is 2. The molecule has 0 spiro atoms. The molecule has 0 amide bonds. The number of hydrogen-bond acceptors (Lipinski definition) is 5. The van der Waals surface area contributed by atoms with Gasteiger partial charge in [0, 0.05) is 18.7 Å². The minimum atomic E-state index is -1.82. The van der Waals surface area contributed by atoms with Gasteiger partial charge in [-0.1, -0.05) is 13.0 Å². The number of rotatable bonds is 7. The Hall–Kier alpha value is -2.54. The first-order valence-electron chi connectivity index (χ1n) is 8.96. The SMILES string of the molecule is C=CCc1cc(OC)ccc1OCCN1CCCC(C)C1.O=C(O)C(=O)O. The van der Waals surface area contributed by atoms with Crippen LogP contribution in [0.1, 0.15) is 25.3 Å². The van der Waals surface area contributed by atoms with Gasteiger partial charge in [0.15, 0.2) is 0 Å². The number of hydrogen-bond donors (Lipinski definition) is 2. The number of likely N-dealkylation sites (tertiary alicyclic amines) is 1. The van der Waals surface area contributed by atoms with Crippen molar-refractivity contribution in [3.8, 4) is 11.5 Å². The second-order valence-electron chi connectivity index (χ2n) is 6.47. The molecule has 1 aromatic carbocycles. The first-order valence-corrected chi connectivity index (χ1v) is 8.96. The van der Waals surface area contributed by atoms with Gasteiger partial charge >= 0.3 is 11.9 Å². The van der Waals surface area contributed by atoms with Crippen LogP contribution >= 0.6 is 0 Å². The van der Waals surface area contributed by atoms with E-state index in [1.54, 1.807) is 7.11 Å². The van der Waals surface area contributed by atoms with Crippen molar-refractivity contribution in [1.82, 2.24) is 4.90 Å². The van der Waals surface area contributed by atoms with Gasteiger partial charge in [0.2, 0.25) is 0 Å². The Morgan fingerprint density at radius 2 is 2.04 bits per heavy atom. The minimum absolute atomic E-state index is 0.739. The van der Waals surface area contributed by atoms with Crippen molar-refractivity contribution in [2.24, 2.45) is 5.92 Å². The van der Waals surface area contributed by atoms with E-state index in [2.05, 4.69) is 18.4 Å². The van der Waals surface area contributed by atoms with Gasteiger partial charge in [-0.15, -0.1) is 6.58 Å². The molecule has 1 atom stereocenters. The molecule has 150 valence electrons. The summed E-state index contributed by atoms with van der Waals surface area (Å²) in [6.45, 7) is 10.3. The van der Waals surface area contributed by atoms with Gasteiger partial charge in [-0.3, -0.25) is 4.90 Å². The highest BCUT2D eigenvalue weighted by Crippen LogP contribution is 2.25. The van der Waals surface area contributed by atoms with E-state index in [1.807, 2.05) is 24.3 Å². The molecule has 0 aromatic heterocycles. The zero-order valence-corrected chi connectivity index (χ0v) is 16.0. The first-order chi connectivity index (χ1) is 12.9. The summed E-state index contributed by atoms with van der Waals surface area (Å²) in [4.78, 5) is 20.7. The van der Waals surface area contributed by atoms with Crippen molar-refractivity contribution in [3.05, 3.63) is 36.4 Å². The number of carboxylic acids is 2. The topological polar surface area (TPSA) is 96.3 Å². The monoisotopic (exact) mass is 379 g/mol. The maximum Gasteiger partial charge on any atom is 0.414 e. The average Bonchev–Trinajstić information content (AvgIpc) is 2.63. The van der Waals surface area contributed by atoms with Crippen molar-refractivity contribution >= 4 is 11.9 Å². The van der Waals surface area contributed by atoms with E-state index >= 15 is 0 Å². The molecular weight excluding hydrogens is 350 g/mol. The molecule has 2 N–H and O–H groups in total. The molecule has 1 fully saturated rings. The Balaban J connectivity index is 0.000000527. The summed E-state index contributed by atoms with van der Waals surface area (Å²) in [5.74, 6) is -1.02. The van der Waals surface area contributed by atoms with Crippen LogP contribution < -0.4 is 9.47 Å². The number of methoxy groups -OCH3 is 1. The van der Waals surface area contributed by atoms with Gasteiger partial charge in [0.05, 0.1) is 7.11 Å². The maximum absolute atomic E-state index is 9.10. The van der Waals surface area contributed by atoms with Crippen LogP contribution in [0.25, 0.3) is 0 Å². The molecule has 0 aliphatic carbocycles. The van der Waals surface area contributed by atoms with Gasteiger partial charge in [-0.2, -0.15) is 0 Å². The molecule has 1 aliphatic rings. The second kappa shape index (κ2) is 12.0. The number of ether oxygens (including phenoxy) is 2. The number of nitrogens with zero attached hydrogens (tertiary/aromatic N) is 1. The van der Waals surface area contributed by atoms with Gasteiger partial charge < -0.3 is 19.7 Å². The number of aliphatic carboxylic acids is 2. The van der Waals surface area contributed by atoms with Crippen LogP contribution in [0, 0.1) is 5.92 Å². The quantitative estimate of drug-likeness (QED) is 0.555. The Bertz CT molecular complexity index is 619. The van der Waals surface area contributed by atoms with Crippen molar-refractivity contribution in [3.63, 3.8) is 0 Å². The third-order valence-corrected chi connectivity index (χ3v) is 4.22. The van der Waals surface area contributed by atoms with E-state index in [0.29, 0.717) is 0 Å². The smallest absolute Gasteiger partial charge is 0.414 e. The van der Waals surface area contributed by atoms with E-state index in [9.17, 15) is 0 Å². The van der Waals surface area contributed by atoms with Crippen molar-refractivity contribution in [2.75, 3.05) is 33.4 Å². The van der Waals surface area contributed by atoms with Crippen LogP contribution in [0.2, 0.25) is 0 Å². The normalized spacial score (nSPS) is 16.6. The molecule has 7 heteroatoms. The predicted molar refractivity (Wildman–Crippen MR) is 102 cm³/mol. The summed E-state index contributed by atoms with van der Waals surface area (Å²) >= 11 is 0. The van der Waals surface area contributed by atoms with E-state index in [-0.39, 0.29) is 0 Å². The summed E-state index contributed by atoms with van der Waals surface area (Å²) in [6, 6.07) is 5.97. The van der Waals surface area contributed by atoms with Crippen LogP contribution in [0.15, 0.2) is 30.9 Å². The van der Waals surface area contributed by atoms with Crippen molar-refractivity contribution in [2.45, 2.75) is 26.2 Å². The standard InChI is InChI=1S/C18H27NO2.C2H2O4/c1-4-6-16-13-17(20-3)8-9-18(16)21-12-11-19-10-5-7-15(2)14-19;3-1(4)2(5)6/h4,8-9,13,15H,1,5-7,10-12,14H2,2-3H3;(H,3,4)(H,5,6). The fourth-order valence-corrected chi connectivity index (χ4v) is 2.91. The van der Waals surface area contributed by atoms with Crippen LogP contribution in [-0.4, -0.2) is 60.4 Å². The summed E-state index contributed by atoms with van der Waals surface area (Å²) in [6.07, 6.45) is 5.37. The lowest BCUT2D eigenvalue weighted by atomic mass is 10.0. The van der Waals surface area contributed by atoms with Crippen LogP contribution in [0.3, 0.4) is 0 Å². The third-order valence-electron chi connectivity index (χ3n) is 4.22. The predicted octanol–water partition coefficient (Wildman–Crippen LogP) is 2.69. The minimum Gasteiger partial charge on any atom is -0.497 e. The molecule has 1 heterocycles. The lowest BCUT2D eigenvalue weighted by molar-refractivity contribution is -0.159. The highest BCUT2D eigenvalue weighted by molar-refractivity contribution is 6.27. The van der Waals surface area contributed by atoms with E-state index in [4.69, 9.17) is 29.3 Å². The molecule has 0 radical (unpaired) electrons. The zero-order chi connectivity index (χ0) is 20.2. The summed E-state index contributed by atoms with van der Waals surface area (Å²) in [5.41, 5.74) is 1.14. The van der Waals surface area contributed by atoms with E-state index in [1.165, 1.54) is 25.9 Å². The molecule has 1 saturated heterocycles. The Labute approximate surface area is 160 Å². The number of benzene rings is 1. The molecule has 1 aliphatic heterocycles. The molecule has 1 unspecified atom stereocenters. The molecule has 0 bridgehead atoms. The van der Waals surface area contributed by atoms with Crippen LogP contribution in [-0.2, 0) is 16.0 Å². The lowest BCUT2D eigenvalue weighted by Crippen LogP contribution is -2.37. The van der Waals surface area contributed by atoms with Crippen LogP contribution in [0.4, 0.5) is 0 Å². The number of piperidine rings is 1. The number of allylic oxidation sites excluding steroid dienone is 1. The summed E-state index contributed by atoms with van der Waals surface area (Å²) < 4.78 is 11.3. The largest absolute Gasteiger partial charge is 0.497 e. The van der Waals surface area contributed by atoms with E-state index in [0.717, 1.165) is 42.6 Å². The molecule has 7 nitrogen and oxygen atoms in total. The molecule has 1 aromatic rings. The zero-order valence-electron chi connectivity index (χ0n) is 16.0.